The molecule has 3 aromatic carbocycles. The van der Waals surface area contributed by atoms with Crippen LogP contribution in [0.5, 0.6) is 0 Å². The number of nitrogens with zero attached hydrogens (tertiary/aromatic N) is 1. The normalized spacial score (nSPS) is 18.2. The second kappa shape index (κ2) is 9.79. The van der Waals surface area contributed by atoms with Crippen molar-refractivity contribution in [3.05, 3.63) is 96.1 Å². The molecule has 0 aromatic heterocycles. The Morgan fingerprint density at radius 2 is 1.24 bits per heavy atom. The summed E-state index contributed by atoms with van der Waals surface area (Å²) in [6.45, 7) is 3.04. The first-order chi connectivity index (χ1) is 17.4. The Morgan fingerprint density at radius 3 is 1.68 bits per heavy atom. The summed E-state index contributed by atoms with van der Waals surface area (Å²) in [7, 11) is -9.20. The van der Waals surface area contributed by atoms with Crippen LogP contribution in [0.15, 0.2) is 93.6 Å². The van der Waals surface area contributed by atoms with Crippen LogP contribution in [0.4, 0.5) is 8.78 Å². The Morgan fingerprint density at radius 1 is 0.784 bits per heavy atom. The van der Waals surface area contributed by atoms with Crippen LogP contribution in [-0.4, -0.2) is 38.8 Å². The molecular formula is C26H23F2NO6S2. The second-order valence-electron chi connectivity index (χ2n) is 8.83. The van der Waals surface area contributed by atoms with Gasteiger partial charge in [-0.25, -0.2) is 35.4 Å². The maximum absolute atomic E-state index is 14.5. The van der Waals surface area contributed by atoms with Gasteiger partial charge < -0.3 is 4.74 Å². The molecule has 1 heterocycles. The lowest BCUT2D eigenvalue weighted by molar-refractivity contribution is -0.140. The number of cyclic esters (lactones) is 1. The summed E-state index contributed by atoms with van der Waals surface area (Å²) in [6, 6.07) is 16.9. The highest BCUT2D eigenvalue weighted by molar-refractivity contribution is 8.09. The largest absolute Gasteiger partial charge is 0.405 e. The minimum Gasteiger partial charge on any atom is -0.405 e. The van der Waals surface area contributed by atoms with Crippen LogP contribution in [0.1, 0.15) is 25.8 Å². The fourth-order valence-corrected chi connectivity index (χ4v) is 8.76. The number of hydrogen-bond donors (Lipinski definition) is 0. The third-order valence-electron chi connectivity index (χ3n) is 6.29. The van der Waals surface area contributed by atoms with Gasteiger partial charge in [0.1, 0.15) is 17.2 Å². The van der Waals surface area contributed by atoms with Crippen molar-refractivity contribution in [2.24, 2.45) is 10.9 Å². The Labute approximate surface area is 213 Å². The molecule has 0 saturated heterocycles. The van der Waals surface area contributed by atoms with Gasteiger partial charge in [-0.05, 0) is 42.3 Å². The summed E-state index contributed by atoms with van der Waals surface area (Å²) in [5.74, 6) is -4.67. The molecule has 37 heavy (non-hydrogen) atoms. The third kappa shape index (κ3) is 4.69. The van der Waals surface area contributed by atoms with Crippen molar-refractivity contribution >= 4 is 31.5 Å². The molecule has 7 nitrogen and oxygen atoms in total. The van der Waals surface area contributed by atoms with E-state index in [0.29, 0.717) is 0 Å². The molecule has 11 heteroatoms. The monoisotopic (exact) mass is 547 g/mol. The standard InChI is InChI=1S/C26H23F2NO6S2/c1-17(2)26(25(30)35-24(29-26)23-20(27)14-9-15-21(23)28)16-22(36(31,32)18-10-5-3-6-11-18)37(33,34)19-12-7-4-8-13-19/h3-15,17,22H,16H2,1-2H3/t26-/m0/s1. The number of carbonyl (C=O) groups excluding carboxylic acids is 1. The zero-order valence-electron chi connectivity index (χ0n) is 19.8. The third-order valence-corrected chi connectivity index (χ3v) is 11.4. The molecule has 0 aliphatic carbocycles. The van der Waals surface area contributed by atoms with Gasteiger partial charge in [-0.3, -0.25) is 0 Å². The molecular weight excluding hydrogens is 524 g/mol. The van der Waals surface area contributed by atoms with Crippen molar-refractivity contribution in [1.82, 2.24) is 0 Å². The van der Waals surface area contributed by atoms with Crippen molar-refractivity contribution in [1.29, 1.82) is 0 Å². The zero-order chi connectivity index (χ0) is 27.0. The van der Waals surface area contributed by atoms with E-state index in [2.05, 4.69) is 4.99 Å². The molecule has 1 aliphatic heterocycles. The molecule has 0 unspecified atom stereocenters. The smallest absolute Gasteiger partial charge is 0.341 e. The fraction of sp³-hybridized carbons (Fsp3) is 0.231. The molecule has 194 valence electrons. The van der Waals surface area contributed by atoms with Crippen molar-refractivity contribution in [2.45, 2.75) is 40.2 Å². The minimum absolute atomic E-state index is 0.269. The maximum Gasteiger partial charge on any atom is 0.341 e. The van der Waals surface area contributed by atoms with Gasteiger partial charge in [-0.2, -0.15) is 0 Å². The summed E-state index contributed by atoms with van der Waals surface area (Å²) in [5.41, 5.74) is -2.76. The summed E-state index contributed by atoms with van der Waals surface area (Å²) >= 11 is 0. The van der Waals surface area contributed by atoms with Crippen LogP contribution in [0, 0.1) is 17.6 Å². The second-order valence-corrected chi connectivity index (χ2v) is 13.4. The average Bonchev–Trinajstić information content (AvgIpc) is 3.20. The molecule has 1 atom stereocenters. The molecule has 0 bridgehead atoms. The molecule has 0 N–H and O–H groups in total. The maximum atomic E-state index is 14.5. The van der Waals surface area contributed by atoms with Crippen LogP contribution < -0.4 is 0 Å². The Balaban J connectivity index is 1.92. The molecule has 0 saturated carbocycles. The summed E-state index contributed by atoms with van der Waals surface area (Å²) in [4.78, 5) is 16.9. The molecule has 0 fully saturated rings. The van der Waals surface area contributed by atoms with Crippen molar-refractivity contribution in [2.75, 3.05) is 0 Å². The Hall–Kier alpha value is -3.44. The van der Waals surface area contributed by atoms with Crippen LogP contribution in [0.2, 0.25) is 0 Å². The summed E-state index contributed by atoms with van der Waals surface area (Å²) < 4.78 is 87.0. The van der Waals surface area contributed by atoms with Crippen LogP contribution in [-0.2, 0) is 29.2 Å². The molecule has 0 amide bonds. The first-order valence-corrected chi connectivity index (χ1v) is 14.3. The van der Waals surface area contributed by atoms with Gasteiger partial charge in [-0.1, -0.05) is 56.3 Å². The number of benzene rings is 3. The highest BCUT2D eigenvalue weighted by Gasteiger charge is 2.55. The van der Waals surface area contributed by atoms with E-state index in [0.717, 1.165) is 18.2 Å². The number of carbonyl (C=O) groups is 1. The topological polar surface area (TPSA) is 107 Å². The van der Waals surface area contributed by atoms with E-state index in [1.54, 1.807) is 12.1 Å². The number of halogens is 2. The Kier molecular flexibility index (Phi) is 7.04. The Bertz CT molecular complexity index is 1480. The number of rotatable bonds is 8. The molecule has 1 aliphatic rings. The van der Waals surface area contributed by atoms with Crippen molar-refractivity contribution in [3.8, 4) is 0 Å². The molecule has 3 aromatic rings. The van der Waals surface area contributed by atoms with E-state index in [1.807, 2.05) is 0 Å². The SMILES string of the molecule is CC(C)[C@]1(CC(S(=O)(=O)c2ccccc2)S(=O)(=O)c2ccccc2)N=C(c2c(F)cccc2F)OC1=O. The molecule has 0 radical (unpaired) electrons. The molecule has 4 rings (SSSR count). The number of sulfone groups is 2. The minimum atomic E-state index is -4.60. The fourth-order valence-electron chi connectivity index (χ4n) is 4.13. The number of ether oxygens (including phenoxy) is 1. The van der Waals surface area contributed by atoms with E-state index in [4.69, 9.17) is 4.74 Å². The van der Waals surface area contributed by atoms with E-state index in [1.165, 1.54) is 62.4 Å². The number of esters is 1. The lowest BCUT2D eigenvalue weighted by Crippen LogP contribution is -2.46. The molecule has 0 spiro atoms. The van der Waals surface area contributed by atoms with Crippen molar-refractivity contribution < 1.29 is 35.1 Å². The van der Waals surface area contributed by atoms with Crippen LogP contribution in [0.3, 0.4) is 0 Å². The average molecular weight is 548 g/mol. The highest BCUT2D eigenvalue weighted by Crippen LogP contribution is 2.40. The van der Waals surface area contributed by atoms with Gasteiger partial charge in [0.15, 0.2) is 29.8 Å². The van der Waals surface area contributed by atoms with Crippen LogP contribution >= 0.6 is 0 Å². The van der Waals surface area contributed by atoms with Crippen molar-refractivity contribution in [3.63, 3.8) is 0 Å². The number of aliphatic imine (C=N–C) groups is 1. The zero-order valence-corrected chi connectivity index (χ0v) is 21.5. The van der Waals surface area contributed by atoms with Gasteiger partial charge in [-0.15, -0.1) is 0 Å². The van der Waals surface area contributed by atoms with E-state index in [-0.39, 0.29) is 9.79 Å². The predicted octanol–water partition coefficient (Wildman–Crippen LogP) is 4.33. The summed E-state index contributed by atoms with van der Waals surface area (Å²) in [5, 5.41) is 0. The van der Waals surface area contributed by atoms with Gasteiger partial charge in [0, 0.05) is 6.42 Å². The first-order valence-electron chi connectivity index (χ1n) is 11.3. The first kappa shape index (κ1) is 26.6. The lowest BCUT2D eigenvalue weighted by Gasteiger charge is -2.30. The lowest BCUT2D eigenvalue weighted by atomic mass is 9.85. The van der Waals surface area contributed by atoms with Gasteiger partial charge in [0.2, 0.25) is 5.90 Å². The summed E-state index contributed by atoms with van der Waals surface area (Å²) in [6.07, 6.45) is -0.836. The quantitative estimate of drug-likeness (QED) is 0.389. The van der Waals surface area contributed by atoms with Gasteiger partial charge in [0.25, 0.3) is 0 Å². The van der Waals surface area contributed by atoms with E-state index in [9.17, 15) is 30.4 Å². The van der Waals surface area contributed by atoms with Crippen LogP contribution in [0.25, 0.3) is 0 Å². The number of hydrogen-bond acceptors (Lipinski definition) is 7. The van der Waals surface area contributed by atoms with E-state index < -0.39 is 71.2 Å². The van der Waals surface area contributed by atoms with Gasteiger partial charge >= 0.3 is 5.97 Å². The van der Waals surface area contributed by atoms with E-state index >= 15 is 0 Å². The highest BCUT2D eigenvalue weighted by atomic mass is 32.3. The van der Waals surface area contributed by atoms with Gasteiger partial charge in [0.05, 0.1) is 9.79 Å². The predicted molar refractivity (Wildman–Crippen MR) is 132 cm³/mol.